The van der Waals surface area contributed by atoms with Crippen molar-refractivity contribution in [3.8, 4) is 0 Å². The SMILES string of the molecule is Clc1cccc(Cc2nnc3n2CCCC3)c1. The van der Waals surface area contributed by atoms with Crippen molar-refractivity contribution in [1.82, 2.24) is 14.8 Å². The number of hydrogen-bond donors (Lipinski definition) is 0. The predicted molar refractivity (Wildman–Crippen MR) is 67.2 cm³/mol. The lowest BCUT2D eigenvalue weighted by Crippen LogP contribution is -2.13. The van der Waals surface area contributed by atoms with Crippen molar-refractivity contribution in [1.29, 1.82) is 0 Å². The molecule has 0 N–H and O–H groups in total. The zero-order chi connectivity index (χ0) is 11.7. The van der Waals surface area contributed by atoms with E-state index in [1.807, 2.05) is 18.2 Å². The second-order valence-corrected chi connectivity index (χ2v) is 4.88. The summed E-state index contributed by atoms with van der Waals surface area (Å²) in [5.74, 6) is 2.19. The Morgan fingerprint density at radius 2 is 2.18 bits per heavy atom. The lowest BCUT2D eigenvalue weighted by molar-refractivity contribution is 0.510. The van der Waals surface area contributed by atoms with Gasteiger partial charge in [-0.25, -0.2) is 0 Å². The van der Waals surface area contributed by atoms with Gasteiger partial charge in [-0.05, 0) is 30.5 Å². The first kappa shape index (κ1) is 10.8. The molecule has 0 aliphatic carbocycles. The van der Waals surface area contributed by atoms with E-state index in [1.165, 1.54) is 18.4 Å². The minimum Gasteiger partial charge on any atom is -0.315 e. The van der Waals surface area contributed by atoms with Gasteiger partial charge in [-0.2, -0.15) is 0 Å². The van der Waals surface area contributed by atoms with Gasteiger partial charge in [-0.15, -0.1) is 10.2 Å². The molecule has 0 spiro atoms. The smallest absolute Gasteiger partial charge is 0.137 e. The second-order valence-electron chi connectivity index (χ2n) is 4.45. The normalized spacial score (nSPS) is 14.6. The maximum Gasteiger partial charge on any atom is 0.137 e. The molecule has 2 aromatic rings. The fraction of sp³-hybridized carbons (Fsp3) is 0.385. The Kier molecular flexibility index (Phi) is 2.85. The average Bonchev–Trinajstić information content (AvgIpc) is 2.73. The Labute approximate surface area is 105 Å². The lowest BCUT2D eigenvalue weighted by Gasteiger charge is -2.14. The molecule has 0 radical (unpaired) electrons. The fourth-order valence-corrected chi connectivity index (χ4v) is 2.54. The summed E-state index contributed by atoms with van der Waals surface area (Å²) in [6.45, 7) is 1.05. The first-order valence-electron chi connectivity index (χ1n) is 5.98. The van der Waals surface area contributed by atoms with Crippen molar-refractivity contribution in [2.75, 3.05) is 0 Å². The van der Waals surface area contributed by atoms with Gasteiger partial charge < -0.3 is 4.57 Å². The molecule has 0 saturated carbocycles. The molecule has 88 valence electrons. The fourth-order valence-electron chi connectivity index (χ4n) is 2.33. The highest BCUT2D eigenvalue weighted by molar-refractivity contribution is 6.30. The zero-order valence-electron chi connectivity index (χ0n) is 9.56. The van der Waals surface area contributed by atoms with Gasteiger partial charge in [0.25, 0.3) is 0 Å². The molecule has 0 atom stereocenters. The Balaban J connectivity index is 1.88. The highest BCUT2D eigenvalue weighted by Crippen LogP contribution is 2.18. The molecule has 4 heteroatoms. The van der Waals surface area contributed by atoms with E-state index in [2.05, 4.69) is 20.8 Å². The molecule has 0 fully saturated rings. The van der Waals surface area contributed by atoms with Crippen LogP contribution in [0.3, 0.4) is 0 Å². The lowest BCUT2D eigenvalue weighted by atomic mass is 10.1. The number of rotatable bonds is 2. The first-order valence-corrected chi connectivity index (χ1v) is 6.36. The van der Waals surface area contributed by atoms with Crippen LogP contribution in [0.5, 0.6) is 0 Å². The molecule has 1 aromatic heterocycles. The van der Waals surface area contributed by atoms with E-state index in [0.29, 0.717) is 0 Å². The largest absolute Gasteiger partial charge is 0.315 e. The van der Waals surface area contributed by atoms with Crippen LogP contribution < -0.4 is 0 Å². The van der Waals surface area contributed by atoms with Crippen LogP contribution in [0.1, 0.15) is 30.1 Å². The van der Waals surface area contributed by atoms with Crippen LogP contribution in [-0.4, -0.2) is 14.8 Å². The average molecular weight is 248 g/mol. The van der Waals surface area contributed by atoms with E-state index in [-0.39, 0.29) is 0 Å². The standard InChI is InChI=1S/C13H14ClN3/c14-11-5-3-4-10(8-11)9-13-16-15-12-6-1-2-7-17(12)13/h3-5,8H,1-2,6-7,9H2. The van der Waals surface area contributed by atoms with E-state index in [1.54, 1.807) is 0 Å². The van der Waals surface area contributed by atoms with Crippen LogP contribution in [0.25, 0.3) is 0 Å². The Bertz CT molecular complexity index is 533. The molecule has 3 rings (SSSR count). The molecule has 0 amide bonds. The summed E-state index contributed by atoms with van der Waals surface area (Å²) < 4.78 is 2.25. The Hall–Kier alpha value is -1.35. The molecular weight excluding hydrogens is 234 g/mol. The van der Waals surface area contributed by atoms with Crippen molar-refractivity contribution >= 4 is 11.6 Å². The summed E-state index contributed by atoms with van der Waals surface area (Å²) in [4.78, 5) is 0. The third kappa shape index (κ3) is 2.20. The van der Waals surface area contributed by atoms with Gasteiger partial charge in [-0.1, -0.05) is 23.7 Å². The molecule has 3 nitrogen and oxygen atoms in total. The van der Waals surface area contributed by atoms with Crippen molar-refractivity contribution in [3.63, 3.8) is 0 Å². The number of hydrogen-bond acceptors (Lipinski definition) is 2. The molecule has 0 bridgehead atoms. The monoisotopic (exact) mass is 247 g/mol. The summed E-state index contributed by atoms with van der Waals surface area (Å²) in [5.41, 5.74) is 1.19. The molecule has 0 saturated heterocycles. The van der Waals surface area contributed by atoms with Gasteiger partial charge in [0.15, 0.2) is 0 Å². The quantitative estimate of drug-likeness (QED) is 0.817. The van der Waals surface area contributed by atoms with Crippen LogP contribution in [0.15, 0.2) is 24.3 Å². The van der Waals surface area contributed by atoms with Gasteiger partial charge in [0.05, 0.1) is 0 Å². The van der Waals surface area contributed by atoms with E-state index in [9.17, 15) is 0 Å². The van der Waals surface area contributed by atoms with Crippen molar-refractivity contribution in [3.05, 3.63) is 46.5 Å². The molecule has 17 heavy (non-hydrogen) atoms. The number of halogens is 1. The minimum absolute atomic E-state index is 0.779. The van der Waals surface area contributed by atoms with Gasteiger partial charge in [0, 0.05) is 24.4 Å². The van der Waals surface area contributed by atoms with Gasteiger partial charge in [0.1, 0.15) is 11.6 Å². The highest BCUT2D eigenvalue weighted by atomic mass is 35.5. The van der Waals surface area contributed by atoms with Gasteiger partial charge >= 0.3 is 0 Å². The molecule has 2 heterocycles. The van der Waals surface area contributed by atoms with Crippen LogP contribution in [0, 0.1) is 0 Å². The maximum atomic E-state index is 5.99. The summed E-state index contributed by atoms with van der Waals surface area (Å²) in [7, 11) is 0. The van der Waals surface area contributed by atoms with Crippen LogP contribution in [0.2, 0.25) is 5.02 Å². The minimum atomic E-state index is 0.779. The summed E-state index contributed by atoms with van der Waals surface area (Å²) in [5, 5.41) is 9.33. The number of aryl methyl sites for hydroxylation is 1. The molecule has 1 aromatic carbocycles. The number of benzene rings is 1. The van der Waals surface area contributed by atoms with Gasteiger partial charge in [-0.3, -0.25) is 0 Å². The summed E-state index contributed by atoms with van der Waals surface area (Å²) >= 11 is 5.99. The summed E-state index contributed by atoms with van der Waals surface area (Å²) in [6, 6.07) is 7.94. The number of nitrogens with zero attached hydrogens (tertiary/aromatic N) is 3. The maximum absolute atomic E-state index is 5.99. The third-order valence-electron chi connectivity index (χ3n) is 3.19. The van der Waals surface area contributed by atoms with Crippen molar-refractivity contribution in [2.24, 2.45) is 0 Å². The third-order valence-corrected chi connectivity index (χ3v) is 3.42. The molecule has 0 unspecified atom stereocenters. The van der Waals surface area contributed by atoms with Crippen LogP contribution >= 0.6 is 11.6 Å². The van der Waals surface area contributed by atoms with Gasteiger partial charge in [0.2, 0.25) is 0 Å². The topological polar surface area (TPSA) is 30.7 Å². The highest BCUT2D eigenvalue weighted by Gasteiger charge is 2.15. The summed E-state index contributed by atoms with van der Waals surface area (Å²) in [6.07, 6.45) is 4.33. The number of aromatic nitrogens is 3. The van der Waals surface area contributed by atoms with E-state index in [0.717, 1.165) is 36.1 Å². The predicted octanol–water partition coefficient (Wildman–Crippen LogP) is 2.86. The zero-order valence-corrected chi connectivity index (χ0v) is 10.3. The first-order chi connectivity index (χ1) is 8.33. The Morgan fingerprint density at radius 1 is 1.24 bits per heavy atom. The number of fused-ring (bicyclic) bond motifs is 1. The Morgan fingerprint density at radius 3 is 3.06 bits per heavy atom. The molecular formula is C13H14ClN3. The molecule has 1 aliphatic rings. The molecule has 1 aliphatic heterocycles. The second kappa shape index (κ2) is 4.49. The van der Waals surface area contributed by atoms with E-state index >= 15 is 0 Å². The van der Waals surface area contributed by atoms with Crippen molar-refractivity contribution < 1.29 is 0 Å². The van der Waals surface area contributed by atoms with Crippen LogP contribution in [0.4, 0.5) is 0 Å². The van der Waals surface area contributed by atoms with E-state index in [4.69, 9.17) is 11.6 Å². The van der Waals surface area contributed by atoms with E-state index < -0.39 is 0 Å². The van der Waals surface area contributed by atoms with Crippen molar-refractivity contribution in [2.45, 2.75) is 32.2 Å². The van der Waals surface area contributed by atoms with Crippen LogP contribution in [-0.2, 0) is 19.4 Å².